The largest absolute Gasteiger partial charge is 0.493 e. The van der Waals surface area contributed by atoms with Gasteiger partial charge in [-0.15, -0.1) is 0 Å². The average molecular weight is 346 g/mol. The third-order valence-corrected chi connectivity index (χ3v) is 4.20. The number of hydrogen-bond donors (Lipinski definition) is 1. The van der Waals surface area contributed by atoms with E-state index >= 15 is 0 Å². The Bertz CT molecular complexity index is 788. The van der Waals surface area contributed by atoms with Gasteiger partial charge in [0, 0.05) is 24.5 Å². The number of benzene rings is 1. The molecule has 3 rings (SSSR count). The number of ether oxygens (including phenoxy) is 3. The highest BCUT2D eigenvalue weighted by Gasteiger charge is 2.39. The summed E-state index contributed by atoms with van der Waals surface area (Å²) in [4.78, 5) is 11.4. The van der Waals surface area contributed by atoms with E-state index in [0.29, 0.717) is 36.4 Å². The molecule has 2 aromatic rings. The quantitative estimate of drug-likeness (QED) is 0.914. The molecule has 0 spiro atoms. The molecule has 0 bridgehead atoms. The Kier molecular flexibility index (Phi) is 4.15. The maximum Gasteiger partial charge on any atom is 0.228 e. The molecule has 1 aromatic heterocycles. The van der Waals surface area contributed by atoms with Gasteiger partial charge in [-0.05, 0) is 33.8 Å². The molecule has 1 aliphatic heterocycles. The summed E-state index contributed by atoms with van der Waals surface area (Å²) >= 11 is 0. The lowest BCUT2D eigenvalue weighted by Crippen LogP contribution is -2.57. The second-order valence-corrected chi connectivity index (χ2v) is 7.61. The molecule has 2 heterocycles. The fourth-order valence-electron chi connectivity index (χ4n) is 3.54. The predicted molar refractivity (Wildman–Crippen MR) is 98.5 cm³/mol. The van der Waals surface area contributed by atoms with Crippen molar-refractivity contribution in [3.8, 4) is 11.5 Å². The van der Waals surface area contributed by atoms with Gasteiger partial charge in [-0.3, -0.25) is 0 Å². The van der Waals surface area contributed by atoms with Gasteiger partial charge in [0.25, 0.3) is 0 Å². The standard InChI is InChI=1S/C18H26N4O3/c1-17(2)9-22(10-18(3,4)25-17)16-20-12-8-14(24-6)13(23-5)7-11(12)15(19)21-16/h7-8H,9-10H2,1-6H3,(H2,19,20,21). The molecule has 7 nitrogen and oxygen atoms in total. The highest BCUT2D eigenvalue weighted by molar-refractivity contribution is 5.91. The Balaban J connectivity index is 2.08. The van der Waals surface area contributed by atoms with E-state index in [9.17, 15) is 0 Å². The van der Waals surface area contributed by atoms with Crippen LogP contribution >= 0.6 is 0 Å². The second-order valence-electron chi connectivity index (χ2n) is 7.61. The first kappa shape index (κ1) is 17.5. The predicted octanol–water partition coefficient (Wildman–Crippen LogP) is 2.62. The first-order valence-electron chi connectivity index (χ1n) is 8.28. The van der Waals surface area contributed by atoms with Gasteiger partial charge in [-0.25, -0.2) is 4.98 Å². The molecule has 1 aliphatic rings. The van der Waals surface area contributed by atoms with Crippen LogP contribution < -0.4 is 20.1 Å². The van der Waals surface area contributed by atoms with Crippen LogP contribution in [-0.4, -0.2) is 48.5 Å². The Morgan fingerprint density at radius 2 is 1.56 bits per heavy atom. The van der Waals surface area contributed by atoms with Crippen LogP contribution in [0, 0.1) is 0 Å². The zero-order chi connectivity index (χ0) is 18.4. The minimum atomic E-state index is -0.299. The zero-order valence-electron chi connectivity index (χ0n) is 15.7. The second kappa shape index (κ2) is 5.91. The summed E-state index contributed by atoms with van der Waals surface area (Å²) in [6.07, 6.45) is 0. The van der Waals surface area contributed by atoms with Crippen molar-refractivity contribution >= 4 is 22.7 Å². The van der Waals surface area contributed by atoms with Crippen molar-refractivity contribution in [3.63, 3.8) is 0 Å². The first-order chi connectivity index (χ1) is 11.6. The van der Waals surface area contributed by atoms with Crippen molar-refractivity contribution < 1.29 is 14.2 Å². The minimum Gasteiger partial charge on any atom is -0.493 e. The molecule has 7 heteroatoms. The molecule has 2 N–H and O–H groups in total. The number of hydrogen-bond acceptors (Lipinski definition) is 7. The monoisotopic (exact) mass is 346 g/mol. The third-order valence-electron chi connectivity index (χ3n) is 4.20. The first-order valence-corrected chi connectivity index (χ1v) is 8.28. The van der Waals surface area contributed by atoms with Crippen LogP contribution in [0.5, 0.6) is 11.5 Å². The summed E-state index contributed by atoms with van der Waals surface area (Å²) < 4.78 is 16.8. The van der Waals surface area contributed by atoms with Gasteiger partial charge >= 0.3 is 0 Å². The van der Waals surface area contributed by atoms with Crippen LogP contribution in [0.3, 0.4) is 0 Å². The van der Waals surface area contributed by atoms with Crippen LogP contribution in [0.15, 0.2) is 12.1 Å². The van der Waals surface area contributed by atoms with Gasteiger partial charge in [0.05, 0.1) is 30.9 Å². The topological polar surface area (TPSA) is 82.7 Å². The third kappa shape index (κ3) is 3.42. The van der Waals surface area contributed by atoms with Gasteiger partial charge in [-0.1, -0.05) is 0 Å². The van der Waals surface area contributed by atoms with Crippen molar-refractivity contribution in [1.82, 2.24) is 9.97 Å². The summed E-state index contributed by atoms with van der Waals surface area (Å²) in [5.74, 6) is 2.23. The number of methoxy groups -OCH3 is 2. The van der Waals surface area contributed by atoms with Gasteiger partial charge in [-0.2, -0.15) is 4.98 Å². The Labute approximate surface area is 148 Å². The van der Waals surface area contributed by atoms with Crippen molar-refractivity contribution in [2.24, 2.45) is 0 Å². The van der Waals surface area contributed by atoms with Crippen LogP contribution in [-0.2, 0) is 4.74 Å². The molecular formula is C18H26N4O3. The lowest BCUT2D eigenvalue weighted by molar-refractivity contribution is -0.133. The Morgan fingerprint density at radius 1 is 1.00 bits per heavy atom. The molecule has 136 valence electrons. The van der Waals surface area contributed by atoms with E-state index < -0.39 is 0 Å². The van der Waals surface area contributed by atoms with Gasteiger partial charge in [0.2, 0.25) is 5.95 Å². The van der Waals surface area contributed by atoms with E-state index in [1.807, 2.05) is 6.07 Å². The normalized spacial score (nSPS) is 19.0. The molecular weight excluding hydrogens is 320 g/mol. The van der Waals surface area contributed by atoms with E-state index in [1.54, 1.807) is 20.3 Å². The molecule has 0 amide bonds. The number of rotatable bonds is 3. The molecule has 0 aliphatic carbocycles. The highest BCUT2D eigenvalue weighted by Crippen LogP contribution is 2.35. The smallest absolute Gasteiger partial charge is 0.228 e. The summed E-state index contributed by atoms with van der Waals surface area (Å²) in [7, 11) is 3.19. The minimum absolute atomic E-state index is 0.299. The number of aromatic nitrogens is 2. The van der Waals surface area contributed by atoms with Gasteiger partial charge in [0.1, 0.15) is 5.82 Å². The number of morpholine rings is 1. The van der Waals surface area contributed by atoms with E-state index in [4.69, 9.17) is 24.9 Å². The molecule has 1 aromatic carbocycles. The lowest BCUT2D eigenvalue weighted by Gasteiger charge is -2.47. The van der Waals surface area contributed by atoms with Crippen molar-refractivity contribution in [3.05, 3.63) is 12.1 Å². The number of nitrogen functional groups attached to an aromatic ring is 1. The van der Waals surface area contributed by atoms with Crippen LogP contribution in [0.1, 0.15) is 27.7 Å². The average Bonchev–Trinajstić information content (AvgIpc) is 2.50. The summed E-state index contributed by atoms with van der Waals surface area (Å²) in [6.45, 7) is 9.65. The Morgan fingerprint density at radius 3 is 2.12 bits per heavy atom. The molecule has 0 unspecified atom stereocenters. The SMILES string of the molecule is COc1cc2nc(N3CC(C)(C)OC(C)(C)C3)nc(N)c2cc1OC. The lowest BCUT2D eigenvalue weighted by atomic mass is 9.99. The van der Waals surface area contributed by atoms with E-state index in [2.05, 4.69) is 37.6 Å². The molecule has 0 radical (unpaired) electrons. The zero-order valence-corrected chi connectivity index (χ0v) is 15.7. The fraction of sp³-hybridized carbons (Fsp3) is 0.556. The van der Waals surface area contributed by atoms with Crippen molar-refractivity contribution in [2.75, 3.05) is 37.9 Å². The number of anilines is 2. The van der Waals surface area contributed by atoms with Gasteiger partial charge in [0.15, 0.2) is 11.5 Å². The van der Waals surface area contributed by atoms with Crippen molar-refractivity contribution in [2.45, 2.75) is 38.9 Å². The van der Waals surface area contributed by atoms with Crippen molar-refractivity contribution in [1.29, 1.82) is 0 Å². The van der Waals surface area contributed by atoms with Gasteiger partial charge < -0.3 is 24.8 Å². The Hall–Kier alpha value is -2.28. The summed E-state index contributed by atoms with van der Waals surface area (Å²) in [6, 6.07) is 3.63. The summed E-state index contributed by atoms with van der Waals surface area (Å²) in [5.41, 5.74) is 6.33. The van der Waals surface area contributed by atoms with Crippen LogP contribution in [0.2, 0.25) is 0 Å². The molecule has 0 saturated carbocycles. The maximum absolute atomic E-state index is 6.21. The molecule has 1 saturated heterocycles. The number of fused-ring (bicyclic) bond motifs is 1. The fourth-order valence-corrected chi connectivity index (χ4v) is 3.54. The van der Waals surface area contributed by atoms with Crippen LogP contribution in [0.4, 0.5) is 11.8 Å². The number of nitrogens with two attached hydrogens (primary N) is 1. The maximum atomic E-state index is 6.21. The molecule has 25 heavy (non-hydrogen) atoms. The highest BCUT2D eigenvalue weighted by atomic mass is 16.5. The van der Waals surface area contributed by atoms with Crippen LogP contribution in [0.25, 0.3) is 10.9 Å². The molecule has 0 atom stereocenters. The van der Waals surface area contributed by atoms with E-state index in [-0.39, 0.29) is 11.2 Å². The van der Waals surface area contributed by atoms with E-state index in [1.165, 1.54) is 0 Å². The molecule has 1 fully saturated rings. The van der Waals surface area contributed by atoms with E-state index in [0.717, 1.165) is 10.9 Å². The number of nitrogens with zero attached hydrogens (tertiary/aromatic N) is 3. The summed E-state index contributed by atoms with van der Waals surface area (Å²) in [5, 5.41) is 0.744.